The van der Waals surface area contributed by atoms with Gasteiger partial charge in [0.15, 0.2) is 0 Å². The number of carbonyl (C=O) groups excluding carboxylic acids is 1. The molecule has 1 aliphatic rings. The van der Waals surface area contributed by atoms with Crippen LogP contribution >= 0.6 is 0 Å². The molecule has 2 amide bonds. The molecule has 2 aromatic rings. The number of hydrogen-bond donors (Lipinski definition) is 4. The van der Waals surface area contributed by atoms with Gasteiger partial charge in [0, 0.05) is 29.9 Å². The molecule has 0 unspecified atom stereocenters. The molecule has 0 radical (unpaired) electrons. The van der Waals surface area contributed by atoms with E-state index in [9.17, 15) is 4.79 Å². The van der Waals surface area contributed by atoms with Crippen molar-refractivity contribution in [1.82, 2.24) is 5.32 Å². The predicted molar refractivity (Wildman–Crippen MR) is 134 cm³/mol. The molecule has 5 nitrogen and oxygen atoms in total. The number of benzene rings is 2. The third-order valence-electron chi connectivity index (χ3n) is 6.70. The van der Waals surface area contributed by atoms with Gasteiger partial charge in [-0.25, -0.2) is 4.79 Å². The molecule has 1 aliphatic carbocycles. The van der Waals surface area contributed by atoms with Crippen LogP contribution in [0.4, 0.5) is 16.2 Å². The lowest BCUT2D eigenvalue weighted by Crippen LogP contribution is -2.41. The number of urea groups is 1. The van der Waals surface area contributed by atoms with Crippen molar-refractivity contribution < 1.29 is 9.90 Å². The molecule has 2 aromatic carbocycles. The van der Waals surface area contributed by atoms with Crippen molar-refractivity contribution >= 4 is 17.4 Å². The average molecular weight is 438 g/mol. The second-order valence-corrected chi connectivity index (χ2v) is 9.64. The standard InChI is InChI=1S/C27H39N3O2/c1-19(2)23-8-7-9-24(20(3)4)25(23)30-26(32)29-18-27(14-5-6-15-27)21-10-12-22(13-11-21)28-16-17-31/h7-13,19-20,28,31H,5-6,14-18H2,1-4H3,(H2,29,30,32). The van der Waals surface area contributed by atoms with E-state index in [0.717, 1.165) is 24.2 Å². The minimum absolute atomic E-state index is 0.0225. The summed E-state index contributed by atoms with van der Waals surface area (Å²) in [5.41, 5.74) is 5.56. The van der Waals surface area contributed by atoms with E-state index in [-0.39, 0.29) is 18.1 Å². The summed E-state index contributed by atoms with van der Waals surface area (Å²) < 4.78 is 0. The number of rotatable bonds is 9. The van der Waals surface area contributed by atoms with Crippen molar-refractivity contribution in [1.29, 1.82) is 0 Å². The molecule has 0 bridgehead atoms. The molecule has 3 rings (SSSR count). The summed E-state index contributed by atoms with van der Waals surface area (Å²) in [7, 11) is 0. The highest BCUT2D eigenvalue weighted by Crippen LogP contribution is 2.41. The Morgan fingerprint density at radius 3 is 2.09 bits per heavy atom. The lowest BCUT2D eigenvalue weighted by molar-refractivity contribution is 0.248. The molecular formula is C27H39N3O2. The summed E-state index contributed by atoms with van der Waals surface area (Å²) in [5, 5.41) is 18.6. The molecule has 0 aromatic heterocycles. The van der Waals surface area contributed by atoms with Gasteiger partial charge in [-0.3, -0.25) is 0 Å². The zero-order valence-corrected chi connectivity index (χ0v) is 20.0. The van der Waals surface area contributed by atoms with E-state index in [0.29, 0.717) is 24.9 Å². The molecule has 1 saturated carbocycles. The Hall–Kier alpha value is -2.53. The smallest absolute Gasteiger partial charge is 0.319 e. The Morgan fingerprint density at radius 1 is 0.969 bits per heavy atom. The molecule has 4 N–H and O–H groups in total. The molecule has 0 aliphatic heterocycles. The monoisotopic (exact) mass is 437 g/mol. The van der Waals surface area contributed by atoms with Gasteiger partial charge in [-0.1, -0.05) is 70.9 Å². The maximum atomic E-state index is 13.0. The van der Waals surface area contributed by atoms with Crippen LogP contribution in [0.2, 0.25) is 0 Å². The highest BCUT2D eigenvalue weighted by atomic mass is 16.3. The molecule has 174 valence electrons. The first-order chi connectivity index (χ1) is 15.4. The lowest BCUT2D eigenvalue weighted by Gasteiger charge is -2.30. The van der Waals surface area contributed by atoms with Gasteiger partial charge in [-0.2, -0.15) is 0 Å². The first-order valence-electron chi connectivity index (χ1n) is 12.0. The van der Waals surface area contributed by atoms with Gasteiger partial charge in [0.05, 0.1) is 6.61 Å². The van der Waals surface area contributed by atoms with Crippen LogP contribution in [-0.4, -0.2) is 30.8 Å². The molecule has 32 heavy (non-hydrogen) atoms. The average Bonchev–Trinajstić information content (AvgIpc) is 3.26. The van der Waals surface area contributed by atoms with E-state index in [2.05, 4.69) is 86.1 Å². The second kappa shape index (κ2) is 10.9. The van der Waals surface area contributed by atoms with Crippen molar-refractivity contribution in [3.05, 3.63) is 59.2 Å². The van der Waals surface area contributed by atoms with E-state index in [4.69, 9.17) is 5.11 Å². The number of amides is 2. The van der Waals surface area contributed by atoms with Crippen LogP contribution < -0.4 is 16.0 Å². The van der Waals surface area contributed by atoms with Crippen molar-refractivity contribution in [2.45, 2.75) is 70.6 Å². The molecule has 0 saturated heterocycles. The van der Waals surface area contributed by atoms with Crippen LogP contribution in [0, 0.1) is 0 Å². The molecule has 0 heterocycles. The zero-order valence-electron chi connectivity index (χ0n) is 20.0. The number of aliphatic hydroxyl groups is 1. The van der Waals surface area contributed by atoms with Gasteiger partial charge >= 0.3 is 6.03 Å². The second-order valence-electron chi connectivity index (χ2n) is 9.64. The molecule has 0 atom stereocenters. The maximum absolute atomic E-state index is 13.0. The Balaban J connectivity index is 1.73. The van der Waals surface area contributed by atoms with E-state index in [1.165, 1.54) is 29.5 Å². The van der Waals surface area contributed by atoms with Gasteiger partial charge in [-0.05, 0) is 53.5 Å². The van der Waals surface area contributed by atoms with Crippen LogP contribution in [0.5, 0.6) is 0 Å². The number of anilines is 2. The number of para-hydroxylation sites is 1. The van der Waals surface area contributed by atoms with Crippen LogP contribution in [0.3, 0.4) is 0 Å². The third-order valence-corrected chi connectivity index (χ3v) is 6.70. The van der Waals surface area contributed by atoms with Gasteiger partial charge in [-0.15, -0.1) is 0 Å². The molecule has 5 heteroatoms. The summed E-state index contributed by atoms with van der Waals surface area (Å²) in [6.45, 7) is 9.93. The van der Waals surface area contributed by atoms with E-state index in [1.54, 1.807) is 0 Å². The number of hydrogen-bond acceptors (Lipinski definition) is 3. The van der Waals surface area contributed by atoms with Crippen LogP contribution in [0.15, 0.2) is 42.5 Å². The summed E-state index contributed by atoms with van der Waals surface area (Å²) in [6.07, 6.45) is 4.52. The first kappa shape index (κ1) is 24.1. The summed E-state index contributed by atoms with van der Waals surface area (Å²) in [5.74, 6) is 0.672. The normalized spacial score (nSPS) is 15.2. The third kappa shape index (κ3) is 5.63. The highest BCUT2D eigenvalue weighted by molar-refractivity contribution is 5.91. The Bertz CT molecular complexity index is 858. The maximum Gasteiger partial charge on any atom is 0.319 e. The molecular weight excluding hydrogens is 398 g/mol. The number of carbonyl (C=O) groups is 1. The first-order valence-corrected chi connectivity index (χ1v) is 12.0. The van der Waals surface area contributed by atoms with Crippen LogP contribution in [0.25, 0.3) is 0 Å². The quantitative estimate of drug-likeness (QED) is 0.390. The minimum Gasteiger partial charge on any atom is -0.395 e. The van der Waals surface area contributed by atoms with Gasteiger partial charge in [0.25, 0.3) is 0 Å². The topological polar surface area (TPSA) is 73.4 Å². The van der Waals surface area contributed by atoms with Gasteiger partial charge < -0.3 is 21.1 Å². The van der Waals surface area contributed by atoms with E-state index < -0.39 is 0 Å². The molecule has 0 spiro atoms. The van der Waals surface area contributed by atoms with Crippen molar-refractivity contribution in [3.8, 4) is 0 Å². The Morgan fingerprint density at radius 2 is 1.56 bits per heavy atom. The summed E-state index contributed by atoms with van der Waals surface area (Å²) in [4.78, 5) is 13.0. The lowest BCUT2D eigenvalue weighted by atomic mass is 9.78. The molecule has 1 fully saturated rings. The predicted octanol–water partition coefficient (Wildman–Crippen LogP) is 5.97. The van der Waals surface area contributed by atoms with E-state index >= 15 is 0 Å². The SMILES string of the molecule is CC(C)c1cccc(C(C)C)c1NC(=O)NCC1(c2ccc(NCCO)cc2)CCCC1. The van der Waals surface area contributed by atoms with Crippen molar-refractivity contribution in [3.63, 3.8) is 0 Å². The fourth-order valence-electron chi connectivity index (χ4n) is 4.86. The van der Waals surface area contributed by atoms with Crippen molar-refractivity contribution in [2.75, 3.05) is 30.3 Å². The fourth-order valence-corrected chi connectivity index (χ4v) is 4.86. The zero-order chi connectivity index (χ0) is 23.1. The van der Waals surface area contributed by atoms with Gasteiger partial charge in [0.1, 0.15) is 0 Å². The Kier molecular flexibility index (Phi) is 8.19. The van der Waals surface area contributed by atoms with E-state index in [1.807, 2.05) is 0 Å². The number of aliphatic hydroxyl groups excluding tert-OH is 1. The fraction of sp³-hybridized carbons (Fsp3) is 0.519. The van der Waals surface area contributed by atoms with Crippen LogP contribution in [0.1, 0.15) is 81.9 Å². The largest absolute Gasteiger partial charge is 0.395 e. The summed E-state index contributed by atoms with van der Waals surface area (Å²) >= 11 is 0. The van der Waals surface area contributed by atoms with Gasteiger partial charge in [0.2, 0.25) is 0 Å². The highest BCUT2D eigenvalue weighted by Gasteiger charge is 2.36. The summed E-state index contributed by atoms with van der Waals surface area (Å²) in [6, 6.07) is 14.6. The minimum atomic E-state index is -0.132. The van der Waals surface area contributed by atoms with Crippen molar-refractivity contribution in [2.24, 2.45) is 0 Å². The number of nitrogens with one attached hydrogen (secondary N) is 3. The Labute approximate surface area is 193 Å². The van der Waals surface area contributed by atoms with Crippen LogP contribution in [-0.2, 0) is 5.41 Å².